The van der Waals surface area contributed by atoms with E-state index < -0.39 is 0 Å². The molecule has 1 heteroatoms. The molecule has 0 fully saturated rings. The maximum Gasteiger partial charge on any atom is 0.0905 e. The maximum atomic E-state index is 7.51. The Morgan fingerprint density at radius 2 is 1.55 bits per heavy atom. The van der Waals surface area contributed by atoms with E-state index in [1.165, 1.54) is 38.2 Å². The van der Waals surface area contributed by atoms with Crippen LogP contribution < -0.4 is 0 Å². The van der Waals surface area contributed by atoms with Crippen LogP contribution >= 0.6 is 0 Å². The van der Waals surface area contributed by atoms with Crippen LogP contribution in [0.2, 0.25) is 0 Å². The van der Waals surface area contributed by atoms with Crippen molar-refractivity contribution in [1.29, 1.82) is 5.26 Å². The second-order valence-electron chi connectivity index (χ2n) is 2.39. The highest BCUT2D eigenvalue weighted by Gasteiger charge is 1.80. The maximum absolute atomic E-state index is 7.51. The third-order valence-corrected chi connectivity index (χ3v) is 1.30. The van der Waals surface area contributed by atoms with Gasteiger partial charge in [0.05, 0.1) is 6.07 Å². The predicted octanol–water partition coefficient (Wildman–Crippen LogP) is 3.67. The van der Waals surface area contributed by atoms with Gasteiger partial charge in [-0.2, -0.15) is 5.26 Å². The molecule has 0 saturated heterocycles. The SMILES string of the molecule is C=CC#N.CCCCCCC. The fourth-order valence-electron chi connectivity index (χ4n) is 0.677. The highest BCUT2D eigenvalue weighted by atomic mass is 14.2. The molecular weight excluding hydrogens is 134 g/mol. The molecule has 0 spiro atoms. The molecular formula is C10H19N. The standard InChI is InChI=1S/C7H16.C3H3N/c1-3-5-7-6-4-2;1-2-3-4/h3-7H2,1-2H3;2H,1H2. The largest absolute Gasteiger partial charge is 0.193 e. The van der Waals surface area contributed by atoms with Crippen molar-refractivity contribution in [3.8, 4) is 6.07 Å². The molecule has 0 heterocycles. The first-order valence-corrected chi connectivity index (χ1v) is 4.33. The van der Waals surface area contributed by atoms with E-state index in [4.69, 9.17) is 5.26 Å². The number of hydrogen-bond acceptors (Lipinski definition) is 1. The first-order chi connectivity index (χ1) is 5.33. The molecule has 0 unspecified atom stereocenters. The lowest BCUT2D eigenvalue weighted by atomic mass is 10.2. The molecule has 0 bridgehead atoms. The molecule has 0 radical (unpaired) electrons. The van der Waals surface area contributed by atoms with Crippen LogP contribution in [0.25, 0.3) is 0 Å². The Balaban J connectivity index is 0. The Morgan fingerprint density at radius 3 is 1.73 bits per heavy atom. The summed E-state index contributed by atoms with van der Waals surface area (Å²) in [5, 5.41) is 7.51. The van der Waals surface area contributed by atoms with Gasteiger partial charge in [0, 0.05) is 6.08 Å². The van der Waals surface area contributed by atoms with Crippen molar-refractivity contribution in [1.82, 2.24) is 0 Å². The zero-order valence-electron chi connectivity index (χ0n) is 7.77. The summed E-state index contributed by atoms with van der Waals surface area (Å²) >= 11 is 0. The zero-order chi connectivity index (χ0) is 8.95. The Kier molecular flexibility index (Phi) is 18.8. The van der Waals surface area contributed by atoms with Gasteiger partial charge in [-0.05, 0) is 0 Å². The van der Waals surface area contributed by atoms with Crippen LogP contribution in [-0.2, 0) is 0 Å². The lowest BCUT2D eigenvalue weighted by Crippen LogP contribution is -1.70. The monoisotopic (exact) mass is 153 g/mol. The fraction of sp³-hybridized carbons (Fsp3) is 0.700. The molecule has 11 heavy (non-hydrogen) atoms. The molecule has 0 aliphatic carbocycles. The first kappa shape index (κ1) is 12.9. The Hall–Kier alpha value is -0.770. The summed E-state index contributed by atoms with van der Waals surface area (Å²) < 4.78 is 0. The van der Waals surface area contributed by atoms with Crippen LogP contribution in [0.15, 0.2) is 12.7 Å². The van der Waals surface area contributed by atoms with Gasteiger partial charge in [0.2, 0.25) is 0 Å². The van der Waals surface area contributed by atoms with Crippen LogP contribution in [0.1, 0.15) is 46.0 Å². The van der Waals surface area contributed by atoms with Crippen LogP contribution in [0.5, 0.6) is 0 Å². The molecule has 64 valence electrons. The average Bonchev–Trinajstić information content (AvgIpc) is 2.06. The van der Waals surface area contributed by atoms with E-state index in [2.05, 4.69) is 20.4 Å². The molecule has 0 aliphatic heterocycles. The van der Waals surface area contributed by atoms with Crippen molar-refractivity contribution in [2.24, 2.45) is 0 Å². The minimum atomic E-state index is 1.18. The van der Waals surface area contributed by atoms with E-state index in [1.54, 1.807) is 6.07 Å². The van der Waals surface area contributed by atoms with E-state index in [-0.39, 0.29) is 0 Å². The van der Waals surface area contributed by atoms with Gasteiger partial charge >= 0.3 is 0 Å². The summed E-state index contributed by atoms with van der Waals surface area (Å²) in [5.74, 6) is 0. The normalized spacial score (nSPS) is 7.36. The second-order valence-corrected chi connectivity index (χ2v) is 2.39. The summed E-state index contributed by atoms with van der Waals surface area (Å²) in [6.07, 6.45) is 8.19. The molecule has 0 aromatic heterocycles. The molecule has 0 saturated carbocycles. The number of unbranched alkanes of at least 4 members (excludes halogenated alkanes) is 4. The lowest BCUT2D eigenvalue weighted by molar-refractivity contribution is 0.656. The van der Waals surface area contributed by atoms with Crippen LogP contribution in [0.3, 0.4) is 0 Å². The van der Waals surface area contributed by atoms with E-state index in [0.29, 0.717) is 0 Å². The van der Waals surface area contributed by atoms with E-state index in [0.717, 1.165) is 0 Å². The number of nitriles is 1. The first-order valence-electron chi connectivity index (χ1n) is 4.33. The van der Waals surface area contributed by atoms with E-state index >= 15 is 0 Å². The highest BCUT2D eigenvalue weighted by Crippen LogP contribution is 2.00. The second kappa shape index (κ2) is 16.1. The van der Waals surface area contributed by atoms with Crippen molar-refractivity contribution < 1.29 is 0 Å². The minimum Gasteiger partial charge on any atom is -0.193 e. The summed E-state index contributed by atoms with van der Waals surface area (Å²) in [4.78, 5) is 0. The quantitative estimate of drug-likeness (QED) is 0.446. The number of allylic oxidation sites excluding steroid dienone is 1. The smallest absolute Gasteiger partial charge is 0.0905 e. The third kappa shape index (κ3) is 27.0. The van der Waals surface area contributed by atoms with Gasteiger partial charge < -0.3 is 0 Å². The lowest BCUT2D eigenvalue weighted by Gasteiger charge is -1.90. The van der Waals surface area contributed by atoms with Gasteiger partial charge in [-0.25, -0.2) is 0 Å². The molecule has 0 atom stereocenters. The highest BCUT2D eigenvalue weighted by molar-refractivity contribution is 4.93. The third-order valence-electron chi connectivity index (χ3n) is 1.30. The predicted molar refractivity (Wildman–Crippen MR) is 50.2 cm³/mol. The van der Waals surface area contributed by atoms with Crippen LogP contribution in [-0.4, -0.2) is 0 Å². The summed E-state index contributed by atoms with van der Waals surface area (Å²) in [7, 11) is 0. The summed E-state index contributed by atoms with van der Waals surface area (Å²) in [5.41, 5.74) is 0. The molecule has 0 N–H and O–H groups in total. The molecule has 0 aliphatic rings. The summed E-state index contributed by atoms with van der Waals surface area (Å²) in [6.45, 7) is 7.61. The number of rotatable bonds is 4. The van der Waals surface area contributed by atoms with Crippen molar-refractivity contribution in [2.45, 2.75) is 46.0 Å². The average molecular weight is 153 g/mol. The van der Waals surface area contributed by atoms with Crippen molar-refractivity contribution >= 4 is 0 Å². The molecule has 0 aromatic rings. The molecule has 1 nitrogen and oxygen atoms in total. The van der Waals surface area contributed by atoms with Crippen molar-refractivity contribution in [3.05, 3.63) is 12.7 Å². The molecule has 0 rings (SSSR count). The van der Waals surface area contributed by atoms with E-state index in [9.17, 15) is 0 Å². The Morgan fingerprint density at radius 1 is 1.18 bits per heavy atom. The van der Waals surface area contributed by atoms with Gasteiger partial charge in [0.15, 0.2) is 0 Å². The topological polar surface area (TPSA) is 23.8 Å². The van der Waals surface area contributed by atoms with Crippen molar-refractivity contribution in [3.63, 3.8) is 0 Å². The summed E-state index contributed by atoms with van der Waals surface area (Å²) in [6, 6.07) is 1.69. The van der Waals surface area contributed by atoms with Gasteiger partial charge in [0.25, 0.3) is 0 Å². The van der Waals surface area contributed by atoms with E-state index in [1.807, 2.05) is 0 Å². The molecule has 0 amide bonds. The zero-order valence-corrected chi connectivity index (χ0v) is 7.77. The Bertz CT molecular complexity index is 95.9. The Labute approximate surface area is 70.7 Å². The number of nitrogens with zero attached hydrogens (tertiary/aromatic N) is 1. The van der Waals surface area contributed by atoms with Gasteiger partial charge in [0.1, 0.15) is 0 Å². The molecule has 0 aromatic carbocycles. The number of hydrogen-bond donors (Lipinski definition) is 0. The van der Waals surface area contributed by atoms with Gasteiger partial charge in [-0.15, -0.1) is 0 Å². The fourth-order valence-corrected chi connectivity index (χ4v) is 0.677. The minimum absolute atomic E-state index is 1.18. The van der Waals surface area contributed by atoms with Crippen LogP contribution in [0, 0.1) is 11.3 Å². The van der Waals surface area contributed by atoms with Gasteiger partial charge in [-0.3, -0.25) is 0 Å². The van der Waals surface area contributed by atoms with Crippen molar-refractivity contribution in [2.75, 3.05) is 0 Å². The van der Waals surface area contributed by atoms with Crippen LogP contribution in [0.4, 0.5) is 0 Å². The van der Waals surface area contributed by atoms with Gasteiger partial charge in [-0.1, -0.05) is 52.5 Å².